The number of nitrogens with zero attached hydrogens (tertiary/aromatic N) is 6. The van der Waals surface area contributed by atoms with E-state index < -0.39 is 0 Å². The molecule has 1 aromatic carbocycles. The first-order chi connectivity index (χ1) is 13.5. The highest BCUT2D eigenvalue weighted by molar-refractivity contribution is 6.30. The fourth-order valence-corrected chi connectivity index (χ4v) is 3.83. The number of aromatic nitrogens is 4. The molecular weight excluding hydrogens is 372 g/mol. The van der Waals surface area contributed by atoms with Crippen LogP contribution in [0.3, 0.4) is 0 Å². The average Bonchev–Trinajstić information content (AvgIpc) is 3.02. The Balaban J connectivity index is 1.51. The Bertz CT molecular complexity index is 975. The van der Waals surface area contributed by atoms with Crippen LogP contribution in [0.5, 0.6) is 0 Å². The Morgan fingerprint density at radius 2 is 1.79 bits per heavy atom. The van der Waals surface area contributed by atoms with Gasteiger partial charge >= 0.3 is 0 Å². The summed E-state index contributed by atoms with van der Waals surface area (Å²) in [5.41, 5.74) is 5.63. The minimum atomic E-state index is 0.717. The van der Waals surface area contributed by atoms with E-state index in [-0.39, 0.29) is 0 Å². The molecule has 1 aliphatic rings. The van der Waals surface area contributed by atoms with Gasteiger partial charge in [-0.15, -0.1) is 0 Å². The van der Waals surface area contributed by atoms with Gasteiger partial charge in [-0.05, 0) is 31.5 Å². The van der Waals surface area contributed by atoms with Gasteiger partial charge in [-0.2, -0.15) is 5.10 Å². The van der Waals surface area contributed by atoms with Crippen molar-refractivity contribution in [3.63, 3.8) is 0 Å². The van der Waals surface area contributed by atoms with E-state index in [0.717, 1.165) is 55.4 Å². The van der Waals surface area contributed by atoms with Crippen LogP contribution in [0.2, 0.25) is 5.02 Å². The minimum Gasteiger partial charge on any atom is -0.352 e. The quantitative estimate of drug-likeness (QED) is 0.675. The van der Waals surface area contributed by atoms with E-state index >= 15 is 0 Å². The molecule has 4 rings (SSSR count). The Morgan fingerprint density at radius 1 is 1.04 bits per heavy atom. The van der Waals surface area contributed by atoms with E-state index in [4.69, 9.17) is 11.6 Å². The predicted octanol–water partition coefficient (Wildman–Crippen LogP) is 3.47. The van der Waals surface area contributed by atoms with Gasteiger partial charge in [-0.1, -0.05) is 17.7 Å². The average molecular weight is 397 g/mol. The van der Waals surface area contributed by atoms with Crippen LogP contribution >= 0.6 is 11.6 Å². The highest BCUT2D eigenvalue weighted by Crippen LogP contribution is 2.31. The molecule has 0 unspecified atom stereocenters. The third kappa shape index (κ3) is 3.75. The van der Waals surface area contributed by atoms with Crippen LogP contribution in [0.25, 0.3) is 11.3 Å². The number of anilines is 1. The Labute approximate surface area is 170 Å². The van der Waals surface area contributed by atoms with Crippen LogP contribution in [-0.2, 0) is 13.6 Å². The topological polar surface area (TPSA) is 50.1 Å². The summed E-state index contributed by atoms with van der Waals surface area (Å²) < 4.78 is 1.94. The van der Waals surface area contributed by atoms with Gasteiger partial charge in [0.1, 0.15) is 5.69 Å². The van der Waals surface area contributed by atoms with Gasteiger partial charge in [0.05, 0.1) is 6.20 Å². The number of hydrogen-bond acceptors (Lipinski definition) is 5. The first-order valence-electron chi connectivity index (χ1n) is 9.55. The van der Waals surface area contributed by atoms with Crippen molar-refractivity contribution in [3.05, 3.63) is 58.6 Å². The zero-order chi connectivity index (χ0) is 19.7. The van der Waals surface area contributed by atoms with E-state index in [0.29, 0.717) is 5.02 Å². The molecule has 1 aliphatic heterocycles. The fraction of sp³-hybridized carbons (Fsp3) is 0.381. The first-order valence-corrected chi connectivity index (χ1v) is 9.93. The van der Waals surface area contributed by atoms with Gasteiger partial charge in [0.15, 0.2) is 5.82 Å². The molecule has 3 aromatic rings. The number of rotatable bonds is 4. The third-order valence-electron chi connectivity index (χ3n) is 5.54. The fourth-order valence-electron chi connectivity index (χ4n) is 3.66. The summed E-state index contributed by atoms with van der Waals surface area (Å²) in [5, 5.41) is 5.07. The standard InChI is InChI=1S/C21H25ClN6/c1-15-4-5-18(22)12-19(15)20-21(24-7-6-23-20)28-10-8-27(9-11-28)14-17-13-25-26(3)16(17)2/h4-7,12-13H,8-11,14H2,1-3H3. The number of halogens is 1. The second-order valence-electron chi connectivity index (χ2n) is 7.33. The summed E-state index contributed by atoms with van der Waals surface area (Å²) in [7, 11) is 1.99. The van der Waals surface area contributed by atoms with Gasteiger partial charge in [0, 0.05) is 74.0 Å². The van der Waals surface area contributed by atoms with Crippen LogP contribution in [0.1, 0.15) is 16.8 Å². The summed E-state index contributed by atoms with van der Waals surface area (Å²) in [6, 6.07) is 5.92. The number of aryl methyl sites for hydroxylation is 2. The minimum absolute atomic E-state index is 0.717. The molecule has 3 heterocycles. The van der Waals surface area contributed by atoms with Crippen molar-refractivity contribution in [3.8, 4) is 11.3 Å². The zero-order valence-electron chi connectivity index (χ0n) is 16.6. The molecule has 0 bridgehead atoms. The molecule has 2 aromatic heterocycles. The maximum atomic E-state index is 6.24. The molecule has 28 heavy (non-hydrogen) atoms. The Morgan fingerprint density at radius 3 is 2.50 bits per heavy atom. The highest BCUT2D eigenvalue weighted by atomic mass is 35.5. The van der Waals surface area contributed by atoms with Crippen LogP contribution in [0.4, 0.5) is 5.82 Å². The van der Waals surface area contributed by atoms with E-state index in [1.165, 1.54) is 11.3 Å². The molecule has 0 saturated carbocycles. The zero-order valence-corrected chi connectivity index (χ0v) is 17.3. The van der Waals surface area contributed by atoms with Crippen molar-refractivity contribution in [1.82, 2.24) is 24.6 Å². The van der Waals surface area contributed by atoms with E-state index in [2.05, 4.69) is 38.7 Å². The lowest BCUT2D eigenvalue weighted by Crippen LogP contribution is -2.46. The number of hydrogen-bond donors (Lipinski definition) is 0. The normalized spacial score (nSPS) is 15.2. The van der Waals surface area contributed by atoms with Crippen molar-refractivity contribution in [1.29, 1.82) is 0 Å². The molecule has 0 N–H and O–H groups in total. The van der Waals surface area contributed by atoms with Crippen molar-refractivity contribution in [2.45, 2.75) is 20.4 Å². The third-order valence-corrected chi connectivity index (χ3v) is 5.77. The molecule has 0 aliphatic carbocycles. The van der Waals surface area contributed by atoms with Gasteiger partial charge in [-0.25, -0.2) is 4.98 Å². The van der Waals surface area contributed by atoms with Gasteiger partial charge in [-0.3, -0.25) is 14.6 Å². The molecule has 6 nitrogen and oxygen atoms in total. The van der Waals surface area contributed by atoms with Crippen molar-refractivity contribution >= 4 is 17.4 Å². The maximum Gasteiger partial charge on any atom is 0.155 e. The molecule has 1 fully saturated rings. The van der Waals surface area contributed by atoms with E-state index in [1.54, 1.807) is 12.4 Å². The summed E-state index contributed by atoms with van der Waals surface area (Å²) >= 11 is 6.24. The van der Waals surface area contributed by atoms with E-state index in [9.17, 15) is 0 Å². The lowest BCUT2D eigenvalue weighted by molar-refractivity contribution is 0.249. The molecule has 146 valence electrons. The second-order valence-corrected chi connectivity index (χ2v) is 7.77. The van der Waals surface area contributed by atoms with E-state index in [1.807, 2.05) is 36.1 Å². The lowest BCUT2D eigenvalue weighted by Gasteiger charge is -2.36. The van der Waals surface area contributed by atoms with Crippen LogP contribution in [0.15, 0.2) is 36.8 Å². The molecule has 0 spiro atoms. The SMILES string of the molecule is Cc1ccc(Cl)cc1-c1nccnc1N1CCN(Cc2cnn(C)c2C)CC1. The molecule has 0 radical (unpaired) electrons. The van der Waals surface area contributed by atoms with Crippen LogP contribution in [-0.4, -0.2) is 50.8 Å². The van der Waals surface area contributed by atoms with Gasteiger partial charge in [0.25, 0.3) is 0 Å². The Kier molecular flexibility index (Phi) is 5.33. The van der Waals surface area contributed by atoms with Crippen molar-refractivity contribution in [2.75, 3.05) is 31.1 Å². The van der Waals surface area contributed by atoms with Crippen molar-refractivity contribution < 1.29 is 0 Å². The first kappa shape index (κ1) is 18.9. The summed E-state index contributed by atoms with van der Waals surface area (Å²) in [5.74, 6) is 0.935. The van der Waals surface area contributed by atoms with Crippen molar-refractivity contribution in [2.24, 2.45) is 7.05 Å². The lowest BCUT2D eigenvalue weighted by atomic mass is 10.0. The molecular formula is C21H25ClN6. The molecule has 1 saturated heterocycles. The molecule has 7 heteroatoms. The predicted molar refractivity (Wildman–Crippen MR) is 113 cm³/mol. The molecule has 0 atom stereocenters. The van der Waals surface area contributed by atoms with Crippen LogP contribution < -0.4 is 4.90 Å². The largest absolute Gasteiger partial charge is 0.352 e. The molecule has 0 amide bonds. The number of piperazine rings is 1. The summed E-state index contributed by atoms with van der Waals surface area (Å²) in [4.78, 5) is 14.1. The highest BCUT2D eigenvalue weighted by Gasteiger charge is 2.23. The second kappa shape index (κ2) is 7.89. The summed E-state index contributed by atoms with van der Waals surface area (Å²) in [6.45, 7) is 8.96. The summed E-state index contributed by atoms with van der Waals surface area (Å²) in [6.07, 6.45) is 5.50. The monoisotopic (exact) mass is 396 g/mol. The van der Waals surface area contributed by atoms with Gasteiger partial charge < -0.3 is 4.90 Å². The van der Waals surface area contributed by atoms with Crippen LogP contribution in [0, 0.1) is 13.8 Å². The Hall–Kier alpha value is -2.44. The smallest absolute Gasteiger partial charge is 0.155 e. The van der Waals surface area contributed by atoms with Gasteiger partial charge in [0.2, 0.25) is 0 Å². The maximum absolute atomic E-state index is 6.24. The number of benzene rings is 1.